The Hall–Kier alpha value is -1.10. The molecule has 0 radical (unpaired) electrons. The van der Waals surface area contributed by atoms with Crippen LogP contribution in [0.25, 0.3) is 0 Å². The Kier molecular flexibility index (Phi) is 3.61. The smallest absolute Gasteiger partial charge is 0.316 e. The van der Waals surface area contributed by atoms with Crippen molar-refractivity contribution in [2.45, 2.75) is 18.8 Å². The number of hydrogen-bond acceptors (Lipinski definition) is 2. The summed E-state index contributed by atoms with van der Waals surface area (Å²) in [5.74, 6) is -4.50. The lowest BCUT2D eigenvalue weighted by Gasteiger charge is -2.40. The molecule has 0 amide bonds. The molecular weight excluding hydrogens is 258 g/mol. The minimum atomic E-state index is -3.17. The van der Waals surface area contributed by atoms with Gasteiger partial charge in [0.1, 0.15) is 5.41 Å². The summed E-state index contributed by atoms with van der Waals surface area (Å²) in [5.41, 5.74) is -1.31. The van der Waals surface area contributed by atoms with Gasteiger partial charge in [0.25, 0.3) is 5.92 Å². The Morgan fingerprint density at radius 2 is 2.00 bits per heavy atom. The van der Waals surface area contributed by atoms with Gasteiger partial charge in [0.05, 0.1) is 5.75 Å². The monoisotopic (exact) mass is 272 g/mol. The van der Waals surface area contributed by atoms with E-state index in [4.69, 9.17) is 0 Å². The molecule has 0 saturated carbocycles. The third kappa shape index (κ3) is 2.23. The zero-order valence-corrected chi connectivity index (χ0v) is 10.6. The number of benzene rings is 1. The van der Waals surface area contributed by atoms with Crippen molar-refractivity contribution in [3.63, 3.8) is 0 Å². The first-order valence-electron chi connectivity index (χ1n) is 5.71. The highest BCUT2D eigenvalue weighted by atomic mass is 32.2. The molecule has 1 aliphatic rings. The predicted octanol–water partition coefficient (Wildman–Crippen LogP) is 3.07. The van der Waals surface area contributed by atoms with Crippen molar-refractivity contribution in [2.24, 2.45) is 5.41 Å². The van der Waals surface area contributed by atoms with Crippen molar-refractivity contribution >= 4 is 17.7 Å². The van der Waals surface area contributed by atoms with Gasteiger partial charge in [-0.25, -0.2) is 8.78 Å². The molecule has 18 heavy (non-hydrogen) atoms. The number of carbonyl (C=O) groups is 1. The Labute approximate surface area is 108 Å². The normalized spacial score (nSPS) is 26.8. The Morgan fingerprint density at radius 1 is 1.33 bits per heavy atom. The van der Waals surface area contributed by atoms with Gasteiger partial charge < -0.3 is 5.11 Å². The van der Waals surface area contributed by atoms with Gasteiger partial charge in [-0.2, -0.15) is 11.8 Å². The van der Waals surface area contributed by atoms with E-state index in [1.807, 2.05) is 0 Å². The second-order valence-electron chi connectivity index (χ2n) is 4.56. The van der Waals surface area contributed by atoms with E-state index in [1.165, 1.54) is 0 Å². The highest BCUT2D eigenvalue weighted by molar-refractivity contribution is 7.99. The molecule has 0 spiro atoms. The van der Waals surface area contributed by atoms with E-state index in [-0.39, 0.29) is 12.8 Å². The molecule has 0 aliphatic carbocycles. The molecular formula is C13H14F2O2S. The van der Waals surface area contributed by atoms with E-state index in [0.717, 1.165) is 11.8 Å². The van der Waals surface area contributed by atoms with Gasteiger partial charge in [0, 0.05) is 0 Å². The van der Waals surface area contributed by atoms with Crippen molar-refractivity contribution in [1.29, 1.82) is 0 Å². The molecule has 2 nitrogen and oxygen atoms in total. The molecule has 1 saturated heterocycles. The third-order valence-electron chi connectivity index (χ3n) is 3.41. The van der Waals surface area contributed by atoms with Gasteiger partial charge in [-0.1, -0.05) is 30.3 Å². The first-order valence-corrected chi connectivity index (χ1v) is 6.86. The maximum atomic E-state index is 14.1. The number of rotatable bonds is 3. The molecule has 1 aromatic carbocycles. The SMILES string of the molecule is O=C(O)C1(Cc2ccccc2)CCSCC1(F)F. The maximum Gasteiger partial charge on any atom is 0.316 e. The standard InChI is InChI=1S/C13H14F2O2S/c14-13(15)9-18-7-6-12(13,11(16)17)8-10-4-2-1-3-5-10/h1-5H,6-9H2,(H,16,17). The first-order chi connectivity index (χ1) is 8.48. The van der Waals surface area contributed by atoms with E-state index >= 15 is 0 Å². The molecule has 1 atom stereocenters. The lowest BCUT2D eigenvalue weighted by atomic mass is 9.74. The number of alkyl halides is 2. The van der Waals surface area contributed by atoms with Gasteiger partial charge in [-0.05, 0) is 24.2 Å². The number of carboxylic acids is 1. The topological polar surface area (TPSA) is 37.3 Å². The van der Waals surface area contributed by atoms with Crippen molar-refractivity contribution in [2.75, 3.05) is 11.5 Å². The Bertz CT molecular complexity index is 436. The van der Waals surface area contributed by atoms with Crippen molar-refractivity contribution < 1.29 is 18.7 Å². The molecule has 1 aromatic rings. The summed E-state index contributed by atoms with van der Waals surface area (Å²) < 4.78 is 28.1. The molecule has 1 N–H and O–H groups in total. The third-order valence-corrected chi connectivity index (χ3v) is 4.47. The van der Waals surface area contributed by atoms with Crippen molar-refractivity contribution in [3.05, 3.63) is 35.9 Å². The fraction of sp³-hybridized carbons (Fsp3) is 0.462. The summed E-state index contributed by atoms with van der Waals surface area (Å²) in [6.45, 7) is 0. The molecule has 1 heterocycles. The van der Waals surface area contributed by atoms with Crippen LogP contribution in [0.2, 0.25) is 0 Å². The average molecular weight is 272 g/mol. The molecule has 1 aliphatic heterocycles. The number of carboxylic acid groups (broad SMARTS) is 1. The van der Waals surface area contributed by atoms with Crippen LogP contribution in [0, 0.1) is 5.41 Å². The Balaban J connectivity index is 2.35. The maximum absolute atomic E-state index is 14.1. The van der Waals surface area contributed by atoms with E-state index in [2.05, 4.69) is 0 Å². The van der Waals surface area contributed by atoms with E-state index in [0.29, 0.717) is 11.3 Å². The summed E-state index contributed by atoms with van der Waals surface area (Å²) >= 11 is 1.12. The van der Waals surface area contributed by atoms with E-state index in [9.17, 15) is 18.7 Å². The molecule has 1 unspecified atom stereocenters. The molecule has 1 fully saturated rings. The lowest BCUT2D eigenvalue weighted by Crippen LogP contribution is -2.53. The van der Waals surface area contributed by atoms with Crippen molar-refractivity contribution in [1.82, 2.24) is 0 Å². The summed E-state index contributed by atoms with van der Waals surface area (Å²) in [6.07, 6.45) is -0.106. The number of thioether (sulfide) groups is 1. The highest BCUT2D eigenvalue weighted by Gasteiger charge is 2.60. The molecule has 98 valence electrons. The first kappa shape index (κ1) is 13.3. The molecule has 0 bridgehead atoms. The van der Waals surface area contributed by atoms with Crippen LogP contribution in [0.15, 0.2) is 30.3 Å². The predicted molar refractivity (Wildman–Crippen MR) is 67.1 cm³/mol. The molecule has 5 heteroatoms. The van der Waals surface area contributed by atoms with Gasteiger partial charge in [-0.15, -0.1) is 0 Å². The Morgan fingerprint density at radius 3 is 2.56 bits per heavy atom. The second kappa shape index (κ2) is 4.88. The van der Waals surface area contributed by atoms with Crippen LogP contribution in [0.4, 0.5) is 8.78 Å². The number of aliphatic carboxylic acids is 1. The number of hydrogen-bond donors (Lipinski definition) is 1. The number of halogens is 2. The van der Waals surface area contributed by atoms with E-state index < -0.39 is 23.1 Å². The van der Waals surface area contributed by atoms with Crippen LogP contribution in [-0.4, -0.2) is 28.5 Å². The highest BCUT2D eigenvalue weighted by Crippen LogP contribution is 2.48. The second-order valence-corrected chi connectivity index (χ2v) is 5.66. The average Bonchev–Trinajstić information content (AvgIpc) is 2.33. The fourth-order valence-corrected chi connectivity index (χ4v) is 3.44. The molecule has 2 rings (SSSR count). The van der Waals surface area contributed by atoms with Crippen molar-refractivity contribution in [3.8, 4) is 0 Å². The van der Waals surface area contributed by atoms with Crippen LogP contribution in [-0.2, 0) is 11.2 Å². The quantitative estimate of drug-likeness (QED) is 0.918. The zero-order valence-electron chi connectivity index (χ0n) is 9.73. The molecule has 0 aromatic heterocycles. The largest absolute Gasteiger partial charge is 0.481 e. The fourth-order valence-electron chi connectivity index (χ4n) is 2.27. The minimum Gasteiger partial charge on any atom is -0.481 e. The van der Waals surface area contributed by atoms with Crippen LogP contribution in [0.1, 0.15) is 12.0 Å². The lowest BCUT2D eigenvalue weighted by molar-refractivity contribution is -0.176. The summed E-state index contributed by atoms with van der Waals surface area (Å²) in [4.78, 5) is 11.4. The summed E-state index contributed by atoms with van der Waals surface area (Å²) in [7, 11) is 0. The van der Waals surface area contributed by atoms with Gasteiger partial charge in [0.15, 0.2) is 0 Å². The van der Waals surface area contributed by atoms with Crippen LogP contribution in [0.3, 0.4) is 0 Å². The summed E-state index contributed by atoms with van der Waals surface area (Å²) in [5, 5.41) is 9.30. The van der Waals surface area contributed by atoms with Crippen LogP contribution in [0.5, 0.6) is 0 Å². The van der Waals surface area contributed by atoms with E-state index in [1.54, 1.807) is 30.3 Å². The van der Waals surface area contributed by atoms with Gasteiger partial charge >= 0.3 is 5.97 Å². The minimum absolute atomic E-state index is 0.00882. The van der Waals surface area contributed by atoms with Gasteiger partial charge in [0.2, 0.25) is 0 Å². The van der Waals surface area contributed by atoms with Crippen LogP contribution >= 0.6 is 11.8 Å². The van der Waals surface area contributed by atoms with Gasteiger partial charge in [-0.3, -0.25) is 4.79 Å². The zero-order chi connectivity index (χ0) is 13.2. The summed E-state index contributed by atoms with van der Waals surface area (Å²) in [6, 6.07) is 8.65. The van der Waals surface area contributed by atoms with Crippen LogP contribution < -0.4 is 0 Å².